The second-order valence-corrected chi connectivity index (χ2v) is 7.48. The number of anilines is 1. The zero-order chi connectivity index (χ0) is 13.7. The minimum atomic E-state index is -3.31. The van der Waals surface area contributed by atoms with Crippen LogP contribution in [-0.2, 0) is 10.0 Å². The van der Waals surface area contributed by atoms with Crippen LogP contribution < -0.4 is 10.0 Å². The van der Waals surface area contributed by atoms with E-state index in [2.05, 4.69) is 31.0 Å². The Kier molecular flexibility index (Phi) is 5.18. The number of hydrogen-bond acceptors (Lipinski definition) is 4. The highest BCUT2D eigenvalue weighted by atomic mass is 79.9. The molecule has 2 N–H and O–H groups in total. The van der Waals surface area contributed by atoms with Crippen molar-refractivity contribution in [1.82, 2.24) is 10.3 Å². The quantitative estimate of drug-likeness (QED) is 0.855. The first kappa shape index (κ1) is 14.7. The summed E-state index contributed by atoms with van der Waals surface area (Å²) in [5, 5.41) is 3.35. The highest BCUT2D eigenvalue weighted by molar-refractivity contribution is 9.10. The molecule has 1 aromatic heterocycles. The van der Waals surface area contributed by atoms with E-state index in [1.165, 1.54) is 12.8 Å². The van der Waals surface area contributed by atoms with Gasteiger partial charge in [0.15, 0.2) is 0 Å². The molecule has 1 atom stereocenters. The fourth-order valence-electron chi connectivity index (χ4n) is 2.11. The van der Waals surface area contributed by atoms with Crippen LogP contribution in [0.5, 0.6) is 0 Å². The van der Waals surface area contributed by atoms with E-state index in [1.54, 1.807) is 18.3 Å². The average Bonchev–Trinajstić information content (AvgIpc) is 2.40. The Morgan fingerprint density at radius 1 is 1.42 bits per heavy atom. The van der Waals surface area contributed by atoms with Crippen molar-refractivity contribution in [3.05, 3.63) is 22.8 Å². The van der Waals surface area contributed by atoms with E-state index < -0.39 is 10.0 Å². The monoisotopic (exact) mass is 347 g/mol. The van der Waals surface area contributed by atoms with Crippen LogP contribution >= 0.6 is 15.9 Å². The van der Waals surface area contributed by atoms with Gasteiger partial charge in [0.2, 0.25) is 10.0 Å². The van der Waals surface area contributed by atoms with Crippen LogP contribution in [0, 0.1) is 0 Å². The van der Waals surface area contributed by atoms with Crippen LogP contribution in [-0.4, -0.2) is 31.7 Å². The Labute approximate surface area is 122 Å². The maximum Gasteiger partial charge on any atom is 0.233 e. The van der Waals surface area contributed by atoms with Crippen LogP contribution in [0.3, 0.4) is 0 Å². The number of hydrogen-bond donors (Lipinski definition) is 2. The van der Waals surface area contributed by atoms with Gasteiger partial charge in [0.1, 0.15) is 5.82 Å². The van der Waals surface area contributed by atoms with E-state index >= 15 is 0 Å². The first-order valence-electron chi connectivity index (χ1n) is 6.41. The van der Waals surface area contributed by atoms with Crippen molar-refractivity contribution in [1.29, 1.82) is 0 Å². The van der Waals surface area contributed by atoms with Gasteiger partial charge in [0.05, 0.1) is 5.75 Å². The molecule has 1 aromatic rings. The molecular weight excluding hydrogens is 330 g/mol. The molecule has 5 nitrogen and oxygen atoms in total. The molecular formula is C12H18BrN3O2S. The molecule has 1 fully saturated rings. The van der Waals surface area contributed by atoms with E-state index in [1.807, 2.05) is 0 Å². The summed E-state index contributed by atoms with van der Waals surface area (Å²) < 4.78 is 27.2. The minimum Gasteiger partial charge on any atom is -0.314 e. The van der Waals surface area contributed by atoms with Crippen molar-refractivity contribution in [3.8, 4) is 0 Å². The number of halogens is 1. The fourth-order valence-corrected chi connectivity index (χ4v) is 3.49. The smallest absolute Gasteiger partial charge is 0.233 e. The maximum atomic E-state index is 11.9. The maximum absolute atomic E-state index is 11.9. The minimum absolute atomic E-state index is 0.127. The number of piperidine rings is 1. The van der Waals surface area contributed by atoms with Crippen molar-refractivity contribution in [2.45, 2.75) is 31.7 Å². The number of nitrogens with one attached hydrogen (secondary N) is 2. The fraction of sp³-hybridized carbons (Fsp3) is 0.583. The molecule has 0 aromatic carbocycles. The van der Waals surface area contributed by atoms with Gasteiger partial charge in [-0.15, -0.1) is 0 Å². The molecule has 106 valence electrons. The van der Waals surface area contributed by atoms with Crippen molar-refractivity contribution in [2.75, 3.05) is 17.0 Å². The van der Waals surface area contributed by atoms with Crippen molar-refractivity contribution < 1.29 is 8.42 Å². The van der Waals surface area contributed by atoms with Gasteiger partial charge in [-0.2, -0.15) is 0 Å². The predicted molar refractivity (Wildman–Crippen MR) is 79.6 cm³/mol. The second-order valence-electron chi connectivity index (χ2n) is 4.72. The summed E-state index contributed by atoms with van der Waals surface area (Å²) in [6.07, 6.45) is 5.64. The zero-order valence-corrected chi connectivity index (χ0v) is 13.0. The molecule has 0 bridgehead atoms. The topological polar surface area (TPSA) is 71.1 Å². The lowest BCUT2D eigenvalue weighted by molar-refractivity contribution is 0.393. The Morgan fingerprint density at radius 3 is 2.89 bits per heavy atom. The summed E-state index contributed by atoms with van der Waals surface area (Å²) in [5.74, 6) is 0.488. The predicted octanol–water partition coefficient (Wildman–Crippen LogP) is 2.12. The van der Waals surface area contributed by atoms with Gasteiger partial charge >= 0.3 is 0 Å². The molecule has 0 spiro atoms. The zero-order valence-electron chi connectivity index (χ0n) is 10.6. The van der Waals surface area contributed by atoms with Crippen LogP contribution in [0.15, 0.2) is 22.8 Å². The first-order valence-corrected chi connectivity index (χ1v) is 8.85. The van der Waals surface area contributed by atoms with E-state index in [0.717, 1.165) is 17.4 Å². The molecule has 2 rings (SSSR count). The summed E-state index contributed by atoms with van der Waals surface area (Å²) in [6.45, 7) is 0.992. The summed E-state index contributed by atoms with van der Waals surface area (Å²) in [4.78, 5) is 4.01. The van der Waals surface area contributed by atoms with E-state index in [0.29, 0.717) is 18.3 Å². The largest absolute Gasteiger partial charge is 0.314 e. The Hall–Kier alpha value is -0.660. The second kappa shape index (κ2) is 6.67. The third-order valence-electron chi connectivity index (χ3n) is 3.13. The number of aromatic nitrogens is 1. The molecule has 1 unspecified atom stereocenters. The first-order chi connectivity index (χ1) is 9.05. The van der Waals surface area contributed by atoms with Crippen LogP contribution in [0.25, 0.3) is 0 Å². The molecule has 7 heteroatoms. The van der Waals surface area contributed by atoms with Gasteiger partial charge in [0.25, 0.3) is 0 Å². The number of pyridine rings is 1. The Balaban J connectivity index is 1.85. The summed E-state index contributed by atoms with van der Waals surface area (Å²) >= 11 is 3.26. The van der Waals surface area contributed by atoms with Crippen molar-refractivity contribution >= 4 is 31.8 Å². The molecule has 2 heterocycles. The number of rotatable bonds is 5. The summed E-state index contributed by atoms with van der Waals surface area (Å²) in [5.41, 5.74) is 0. The number of nitrogens with zero attached hydrogens (tertiary/aromatic N) is 1. The third kappa shape index (κ3) is 5.08. The molecule has 1 aliphatic rings. The standard InChI is InChI=1S/C12H18BrN3O2S/c13-10-4-5-12(15-9-10)16-19(17,18)8-6-11-3-1-2-7-14-11/h4-5,9,11,14H,1-3,6-8H2,(H,15,16). The molecule has 0 amide bonds. The van der Waals surface area contributed by atoms with E-state index in [4.69, 9.17) is 0 Å². The third-order valence-corrected chi connectivity index (χ3v) is 4.90. The number of sulfonamides is 1. The van der Waals surface area contributed by atoms with Gasteiger partial charge in [-0.3, -0.25) is 4.72 Å². The Bertz CT molecular complexity index is 498. The molecule has 0 radical (unpaired) electrons. The van der Waals surface area contributed by atoms with Crippen molar-refractivity contribution in [3.63, 3.8) is 0 Å². The summed E-state index contributed by atoms with van der Waals surface area (Å²) in [7, 11) is -3.31. The van der Waals surface area contributed by atoms with Gasteiger partial charge in [-0.05, 0) is 53.9 Å². The van der Waals surface area contributed by atoms with Crippen LogP contribution in [0.1, 0.15) is 25.7 Å². The van der Waals surface area contributed by atoms with E-state index in [-0.39, 0.29) is 5.75 Å². The Morgan fingerprint density at radius 2 is 2.26 bits per heavy atom. The molecule has 1 aliphatic heterocycles. The van der Waals surface area contributed by atoms with Gasteiger partial charge in [0, 0.05) is 16.7 Å². The molecule has 0 saturated carbocycles. The van der Waals surface area contributed by atoms with Gasteiger partial charge in [-0.1, -0.05) is 6.42 Å². The highest BCUT2D eigenvalue weighted by Crippen LogP contribution is 2.14. The van der Waals surface area contributed by atoms with Crippen LogP contribution in [0.4, 0.5) is 5.82 Å². The highest BCUT2D eigenvalue weighted by Gasteiger charge is 2.17. The molecule has 19 heavy (non-hydrogen) atoms. The lowest BCUT2D eigenvalue weighted by Crippen LogP contribution is -2.36. The van der Waals surface area contributed by atoms with Gasteiger partial charge in [-0.25, -0.2) is 13.4 Å². The molecule has 0 aliphatic carbocycles. The SMILES string of the molecule is O=S(=O)(CCC1CCCCN1)Nc1ccc(Br)cn1. The lowest BCUT2D eigenvalue weighted by Gasteiger charge is -2.23. The normalized spacial score (nSPS) is 20.2. The lowest BCUT2D eigenvalue weighted by atomic mass is 10.0. The van der Waals surface area contributed by atoms with Gasteiger partial charge < -0.3 is 5.32 Å². The van der Waals surface area contributed by atoms with Crippen LogP contribution in [0.2, 0.25) is 0 Å². The summed E-state index contributed by atoms with van der Waals surface area (Å²) in [6, 6.07) is 3.72. The molecule has 1 saturated heterocycles. The van der Waals surface area contributed by atoms with E-state index in [9.17, 15) is 8.42 Å². The van der Waals surface area contributed by atoms with Crippen molar-refractivity contribution in [2.24, 2.45) is 0 Å². The average molecular weight is 348 g/mol.